The minimum absolute atomic E-state index is 0. The van der Waals surface area contributed by atoms with Crippen LogP contribution in [-0.4, -0.2) is 62.5 Å². The fourth-order valence-corrected chi connectivity index (χ4v) is 4.32. The van der Waals surface area contributed by atoms with Gasteiger partial charge in [-0.05, 0) is 59.3 Å². The predicted molar refractivity (Wildman–Crippen MR) is 119 cm³/mol. The van der Waals surface area contributed by atoms with Crippen molar-refractivity contribution < 1.29 is 24.6 Å². The number of fused-ring (bicyclic) bond motifs is 1. The van der Waals surface area contributed by atoms with Crippen molar-refractivity contribution in [1.82, 2.24) is 10.2 Å². The molecule has 1 saturated heterocycles. The van der Waals surface area contributed by atoms with Crippen LogP contribution in [0.2, 0.25) is 0 Å². The maximum atomic E-state index is 13.0. The first-order valence-electron chi connectivity index (χ1n) is 11.2. The van der Waals surface area contributed by atoms with Crippen molar-refractivity contribution in [3.63, 3.8) is 0 Å². The highest BCUT2D eigenvalue weighted by atomic mass is 16.4. The lowest BCUT2D eigenvalue weighted by Gasteiger charge is -2.35. The average Bonchev–Trinajstić information content (AvgIpc) is 3.05. The number of amides is 1. The second-order valence-corrected chi connectivity index (χ2v) is 9.64. The summed E-state index contributed by atoms with van der Waals surface area (Å²) in [4.78, 5) is 38.3. The lowest BCUT2D eigenvalue weighted by atomic mass is 9.84. The summed E-state index contributed by atoms with van der Waals surface area (Å²) in [6.45, 7) is 9.46. The molecule has 31 heavy (non-hydrogen) atoms. The standard InChI is InChI=1S/C19H28N2O5.C4H11N/c1-3-6-14(17(23)9-10-22)20-12(2)18(24)21-15-8-5-4-7-13(15)11-16(21)19(25)26;1-4(2,3)5/h12-16,20,22H,3-8,11H2,1-2H3,(H,25,26);5H2,1-3H3/t12-,13-,14-,15-,16-;/m0./s1. The van der Waals surface area contributed by atoms with Crippen LogP contribution in [0.25, 0.3) is 0 Å². The highest BCUT2D eigenvalue weighted by molar-refractivity contribution is 6.00. The van der Waals surface area contributed by atoms with Gasteiger partial charge in [0.05, 0.1) is 12.1 Å². The minimum Gasteiger partial charge on any atom is -0.480 e. The second-order valence-electron chi connectivity index (χ2n) is 9.64. The number of aliphatic carboxylic acids is 1. The molecule has 2 rings (SSSR count). The van der Waals surface area contributed by atoms with Crippen molar-refractivity contribution in [2.75, 3.05) is 0 Å². The Bertz CT molecular complexity index is 686. The van der Waals surface area contributed by atoms with E-state index in [2.05, 4.69) is 11.2 Å². The van der Waals surface area contributed by atoms with Crippen LogP contribution in [0, 0.1) is 17.9 Å². The van der Waals surface area contributed by atoms with Gasteiger partial charge in [0, 0.05) is 17.5 Å². The predicted octanol–water partition coefficient (Wildman–Crippen LogP) is 2.02. The summed E-state index contributed by atoms with van der Waals surface area (Å²) in [6.07, 6.45) is 7.19. The van der Waals surface area contributed by atoms with Crippen molar-refractivity contribution >= 4 is 17.7 Å². The molecule has 0 aromatic heterocycles. The van der Waals surface area contributed by atoms with Gasteiger partial charge in [-0.15, -0.1) is 0 Å². The van der Waals surface area contributed by atoms with E-state index in [4.69, 9.17) is 10.8 Å². The molecular formula is C23H39N3O5. The number of Topliss-reactive ketones (excluding diaryl/α,β-unsaturated/α-hetero) is 1. The molecule has 1 aliphatic heterocycles. The number of carboxylic acid groups (broad SMARTS) is 1. The molecule has 1 saturated carbocycles. The van der Waals surface area contributed by atoms with Gasteiger partial charge < -0.3 is 20.8 Å². The Morgan fingerprint density at radius 1 is 1.23 bits per heavy atom. The number of rotatable bonds is 7. The largest absolute Gasteiger partial charge is 0.480 e. The smallest absolute Gasteiger partial charge is 0.326 e. The van der Waals surface area contributed by atoms with Gasteiger partial charge in [0.25, 0.3) is 0 Å². The fourth-order valence-electron chi connectivity index (χ4n) is 4.32. The highest BCUT2D eigenvalue weighted by Gasteiger charge is 2.48. The molecule has 2 aliphatic rings. The molecule has 0 radical (unpaired) electrons. The molecule has 0 unspecified atom stereocenters. The van der Waals surface area contributed by atoms with Gasteiger partial charge in [-0.1, -0.05) is 26.2 Å². The Hall–Kier alpha value is -2.11. The SMILES string of the molecule is CC(C)(C)N.CCC[C@H](N[C@@H](C)C(=O)N1[C@H](C(=O)O)C[C@@H]2CCCC[C@@H]21)C(=O)C#CO. The van der Waals surface area contributed by atoms with Crippen molar-refractivity contribution in [2.24, 2.45) is 11.7 Å². The monoisotopic (exact) mass is 437 g/mol. The lowest BCUT2D eigenvalue weighted by molar-refractivity contribution is -0.150. The molecule has 8 heteroatoms. The summed E-state index contributed by atoms with van der Waals surface area (Å²) in [5, 5.41) is 21.2. The molecule has 0 aromatic rings. The zero-order valence-corrected chi connectivity index (χ0v) is 19.5. The zero-order chi connectivity index (χ0) is 23.8. The Kier molecular flexibility index (Phi) is 10.5. The molecule has 0 spiro atoms. The van der Waals surface area contributed by atoms with Crippen molar-refractivity contribution in [3.8, 4) is 12.0 Å². The van der Waals surface area contributed by atoms with Crippen LogP contribution in [0.1, 0.15) is 79.6 Å². The van der Waals surface area contributed by atoms with Gasteiger partial charge >= 0.3 is 5.97 Å². The number of aliphatic hydroxyl groups is 1. The number of nitrogens with zero attached hydrogens (tertiary/aromatic N) is 1. The number of carboxylic acids is 1. The summed E-state index contributed by atoms with van der Waals surface area (Å²) >= 11 is 0. The van der Waals surface area contributed by atoms with Crippen LogP contribution in [0.4, 0.5) is 0 Å². The van der Waals surface area contributed by atoms with E-state index in [9.17, 15) is 19.5 Å². The number of hydrogen-bond donors (Lipinski definition) is 4. The Morgan fingerprint density at radius 3 is 2.32 bits per heavy atom. The molecule has 5 N–H and O–H groups in total. The van der Waals surface area contributed by atoms with Crippen LogP contribution >= 0.6 is 0 Å². The van der Waals surface area contributed by atoms with Gasteiger partial charge in [-0.25, -0.2) is 4.79 Å². The van der Waals surface area contributed by atoms with Crippen LogP contribution in [0.3, 0.4) is 0 Å². The third kappa shape index (κ3) is 8.50. The van der Waals surface area contributed by atoms with E-state index in [0.717, 1.165) is 25.7 Å². The van der Waals surface area contributed by atoms with E-state index < -0.39 is 29.9 Å². The van der Waals surface area contributed by atoms with Gasteiger partial charge in [0.1, 0.15) is 12.1 Å². The third-order valence-electron chi connectivity index (χ3n) is 5.52. The molecule has 0 bridgehead atoms. The van der Waals surface area contributed by atoms with Crippen LogP contribution in [-0.2, 0) is 14.4 Å². The fraction of sp³-hybridized carbons (Fsp3) is 0.783. The topological polar surface area (TPSA) is 133 Å². The van der Waals surface area contributed by atoms with Crippen molar-refractivity contribution in [3.05, 3.63) is 0 Å². The molecule has 1 aliphatic carbocycles. The van der Waals surface area contributed by atoms with Gasteiger partial charge in [-0.3, -0.25) is 14.9 Å². The van der Waals surface area contributed by atoms with Crippen LogP contribution in [0.15, 0.2) is 0 Å². The maximum Gasteiger partial charge on any atom is 0.326 e. The van der Waals surface area contributed by atoms with Crippen molar-refractivity contribution in [1.29, 1.82) is 0 Å². The number of carbonyl (C=O) groups is 3. The van der Waals surface area contributed by atoms with Crippen molar-refractivity contribution in [2.45, 2.75) is 109 Å². The van der Waals surface area contributed by atoms with Crippen LogP contribution in [0.5, 0.6) is 0 Å². The van der Waals surface area contributed by atoms with Gasteiger partial charge in [0.2, 0.25) is 11.7 Å². The van der Waals surface area contributed by atoms with E-state index in [1.807, 2.05) is 27.7 Å². The number of ketones is 1. The van der Waals surface area contributed by atoms with Crippen LogP contribution < -0.4 is 11.1 Å². The van der Waals surface area contributed by atoms with E-state index >= 15 is 0 Å². The normalized spacial score (nSPS) is 24.6. The van der Waals surface area contributed by atoms with E-state index in [-0.39, 0.29) is 23.4 Å². The number of hydrogen-bond acceptors (Lipinski definition) is 6. The highest BCUT2D eigenvalue weighted by Crippen LogP contribution is 2.40. The number of nitrogens with one attached hydrogen (secondary N) is 1. The molecule has 1 heterocycles. The van der Waals surface area contributed by atoms with E-state index in [1.54, 1.807) is 13.0 Å². The number of nitrogens with two attached hydrogens (primary N) is 1. The molecule has 1 amide bonds. The van der Waals surface area contributed by atoms with E-state index in [0.29, 0.717) is 19.3 Å². The Labute approximate surface area is 185 Å². The maximum absolute atomic E-state index is 13.0. The quantitative estimate of drug-likeness (QED) is 0.448. The lowest BCUT2D eigenvalue weighted by Crippen LogP contribution is -2.55. The minimum atomic E-state index is -0.965. The summed E-state index contributed by atoms with van der Waals surface area (Å²) in [6, 6.07) is -2.18. The van der Waals surface area contributed by atoms with Gasteiger partial charge in [0.15, 0.2) is 0 Å². The van der Waals surface area contributed by atoms with E-state index in [1.165, 1.54) is 4.90 Å². The Balaban J connectivity index is 0.000000861. The first kappa shape index (κ1) is 26.9. The first-order valence-corrected chi connectivity index (χ1v) is 11.2. The number of likely N-dealkylation sites (tertiary alicyclic amines) is 1. The second kappa shape index (κ2) is 12.1. The number of aliphatic hydroxyl groups excluding tert-OH is 1. The first-order chi connectivity index (χ1) is 14.4. The summed E-state index contributed by atoms with van der Waals surface area (Å²) in [5.74, 6) is 0.629. The molecule has 176 valence electrons. The molecule has 5 atom stereocenters. The molecular weight excluding hydrogens is 398 g/mol. The number of carbonyl (C=O) groups excluding carboxylic acids is 2. The summed E-state index contributed by atoms with van der Waals surface area (Å²) in [5.41, 5.74) is 5.35. The van der Waals surface area contributed by atoms with Gasteiger partial charge in [-0.2, -0.15) is 0 Å². The Morgan fingerprint density at radius 2 is 1.81 bits per heavy atom. The molecule has 2 fully saturated rings. The summed E-state index contributed by atoms with van der Waals surface area (Å²) in [7, 11) is 0. The third-order valence-corrected chi connectivity index (χ3v) is 5.52. The molecule has 0 aromatic carbocycles. The average molecular weight is 438 g/mol. The molecule has 8 nitrogen and oxygen atoms in total. The zero-order valence-electron chi connectivity index (χ0n) is 19.5. The summed E-state index contributed by atoms with van der Waals surface area (Å²) < 4.78 is 0.